The van der Waals surface area contributed by atoms with E-state index in [0.717, 1.165) is 31.3 Å². The topological polar surface area (TPSA) is 43.4 Å². The average Bonchev–Trinajstić information content (AvgIpc) is 2.28. The summed E-state index contributed by atoms with van der Waals surface area (Å²) >= 11 is 0. The van der Waals surface area contributed by atoms with Gasteiger partial charge in [0.2, 0.25) is 0 Å². The van der Waals surface area contributed by atoms with E-state index in [4.69, 9.17) is 4.74 Å². The van der Waals surface area contributed by atoms with Crippen LogP contribution in [0, 0.1) is 11.8 Å². The molecule has 0 aromatic heterocycles. The largest absolute Gasteiger partial charge is 0.466 e. The van der Waals surface area contributed by atoms with Gasteiger partial charge in [-0.1, -0.05) is 31.8 Å². The van der Waals surface area contributed by atoms with Gasteiger partial charge in [-0.25, -0.2) is 0 Å². The Labute approximate surface area is 110 Å². The maximum absolute atomic E-state index is 12.0. The first-order valence-electron chi connectivity index (χ1n) is 6.97. The summed E-state index contributed by atoms with van der Waals surface area (Å²) in [5.74, 6) is -0.0950. The molecule has 0 N–H and O–H groups in total. The van der Waals surface area contributed by atoms with Crippen LogP contribution in [0.5, 0.6) is 0 Å². The van der Waals surface area contributed by atoms with E-state index in [0.29, 0.717) is 13.0 Å². The highest BCUT2D eigenvalue weighted by atomic mass is 16.5. The minimum Gasteiger partial charge on any atom is -0.466 e. The van der Waals surface area contributed by atoms with Gasteiger partial charge in [0.25, 0.3) is 0 Å². The molecule has 102 valence electrons. The van der Waals surface area contributed by atoms with Crippen LogP contribution in [-0.2, 0) is 14.3 Å². The zero-order valence-corrected chi connectivity index (χ0v) is 11.7. The van der Waals surface area contributed by atoms with Crippen molar-refractivity contribution >= 4 is 11.8 Å². The molecule has 0 spiro atoms. The van der Waals surface area contributed by atoms with Crippen molar-refractivity contribution in [3.05, 3.63) is 11.6 Å². The molecule has 0 heterocycles. The fourth-order valence-corrected chi connectivity index (χ4v) is 2.69. The van der Waals surface area contributed by atoms with Crippen LogP contribution < -0.4 is 0 Å². The van der Waals surface area contributed by atoms with Crippen LogP contribution in [0.1, 0.15) is 52.9 Å². The Hall–Kier alpha value is -1.12. The van der Waals surface area contributed by atoms with Crippen molar-refractivity contribution in [2.24, 2.45) is 11.8 Å². The lowest BCUT2D eigenvalue weighted by atomic mass is 9.76. The number of allylic oxidation sites excluding steroid dienone is 1. The third-order valence-corrected chi connectivity index (χ3v) is 3.53. The summed E-state index contributed by atoms with van der Waals surface area (Å²) in [6.45, 7) is 6.24. The molecule has 0 aliphatic heterocycles. The number of unbranched alkanes of at least 4 members (excludes halogenated alkanes) is 2. The predicted molar refractivity (Wildman–Crippen MR) is 71.1 cm³/mol. The molecule has 1 rings (SSSR count). The molecule has 0 radical (unpaired) electrons. The molecule has 0 aromatic rings. The van der Waals surface area contributed by atoms with Gasteiger partial charge in [-0.2, -0.15) is 0 Å². The van der Waals surface area contributed by atoms with E-state index in [1.165, 1.54) is 0 Å². The van der Waals surface area contributed by atoms with Crippen molar-refractivity contribution in [1.29, 1.82) is 0 Å². The minimum atomic E-state index is -0.209. The average molecular weight is 252 g/mol. The molecule has 0 saturated carbocycles. The quantitative estimate of drug-likeness (QED) is 0.538. The van der Waals surface area contributed by atoms with Gasteiger partial charge in [-0.3, -0.25) is 9.59 Å². The zero-order chi connectivity index (χ0) is 13.5. The first-order valence-corrected chi connectivity index (χ1v) is 6.97. The first-order chi connectivity index (χ1) is 8.60. The SMILES string of the molecule is CCCCC[C@H]1CC(=O)C=C(C)[C@H]1C(=O)OCC. The lowest BCUT2D eigenvalue weighted by Crippen LogP contribution is -2.32. The maximum atomic E-state index is 12.0. The van der Waals surface area contributed by atoms with Crippen molar-refractivity contribution in [2.75, 3.05) is 6.61 Å². The van der Waals surface area contributed by atoms with E-state index >= 15 is 0 Å². The summed E-state index contributed by atoms with van der Waals surface area (Å²) in [5.41, 5.74) is 0.867. The van der Waals surface area contributed by atoms with E-state index < -0.39 is 0 Å². The number of esters is 1. The van der Waals surface area contributed by atoms with Gasteiger partial charge in [0, 0.05) is 6.42 Å². The summed E-state index contributed by atoms with van der Waals surface area (Å²) in [5, 5.41) is 0. The monoisotopic (exact) mass is 252 g/mol. The van der Waals surface area contributed by atoms with Crippen molar-refractivity contribution < 1.29 is 14.3 Å². The number of carbonyl (C=O) groups excluding carboxylic acids is 2. The van der Waals surface area contributed by atoms with E-state index in [1.54, 1.807) is 6.08 Å². The molecule has 0 fully saturated rings. The van der Waals surface area contributed by atoms with Gasteiger partial charge in [0.15, 0.2) is 5.78 Å². The van der Waals surface area contributed by atoms with Crippen LogP contribution in [0.3, 0.4) is 0 Å². The first kappa shape index (κ1) is 14.9. The van der Waals surface area contributed by atoms with Crippen LogP contribution in [0.25, 0.3) is 0 Å². The highest BCUT2D eigenvalue weighted by Gasteiger charge is 2.35. The normalized spacial score (nSPS) is 23.7. The van der Waals surface area contributed by atoms with Crippen LogP contribution >= 0.6 is 0 Å². The molecule has 3 heteroatoms. The molecule has 0 bridgehead atoms. The number of hydrogen-bond donors (Lipinski definition) is 0. The summed E-state index contributed by atoms with van der Waals surface area (Å²) in [6.07, 6.45) is 6.43. The second-order valence-corrected chi connectivity index (χ2v) is 5.04. The van der Waals surface area contributed by atoms with Gasteiger partial charge in [-0.05, 0) is 32.3 Å². The third kappa shape index (κ3) is 3.97. The molecule has 0 saturated heterocycles. The van der Waals surface area contributed by atoms with Crippen molar-refractivity contribution in [2.45, 2.75) is 52.9 Å². The molecule has 1 aliphatic rings. The number of ether oxygens (including phenoxy) is 1. The molecule has 0 unspecified atom stereocenters. The van der Waals surface area contributed by atoms with Gasteiger partial charge in [0.05, 0.1) is 12.5 Å². The Morgan fingerprint density at radius 2 is 2.11 bits per heavy atom. The van der Waals surface area contributed by atoms with Crippen molar-refractivity contribution in [3.63, 3.8) is 0 Å². The highest BCUT2D eigenvalue weighted by Crippen LogP contribution is 2.33. The molecule has 2 atom stereocenters. The molecular weight excluding hydrogens is 228 g/mol. The molecular formula is C15H24O3. The lowest BCUT2D eigenvalue weighted by molar-refractivity contribution is -0.149. The van der Waals surface area contributed by atoms with Crippen LogP contribution in [0.2, 0.25) is 0 Å². The summed E-state index contributed by atoms with van der Waals surface area (Å²) in [4.78, 5) is 23.6. The summed E-state index contributed by atoms with van der Waals surface area (Å²) in [7, 11) is 0. The Morgan fingerprint density at radius 3 is 2.72 bits per heavy atom. The Bertz CT molecular complexity index is 331. The molecule has 18 heavy (non-hydrogen) atoms. The number of rotatable bonds is 6. The number of ketones is 1. The lowest BCUT2D eigenvalue weighted by Gasteiger charge is -2.29. The van der Waals surface area contributed by atoms with Gasteiger partial charge >= 0.3 is 5.97 Å². The summed E-state index contributed by atoms with van der Waals surface area (Å²) in [6, 6.07) is 0. The molecule has 0 aromatic carbocycles. The second-order valence-electron chi connectivity index (χ2n) is 5.04. The van der Waals surface area contributed by atoms with E-state index in [-0.39, 0.29) is 23.6 Å². The third-order valence-electron chi connectivity index (χ3n) is 3.53. The maximum Gasteiger partial charge on any atom is 0.313 e. The van der Waals surface area contributed by atoms with Crippen LogP contribution in [-0.4, -0.2) is 18.4 Å². The number of carbonyl (C=O) groups is 2. The van der Waals surface area contributed by atoms with Crippen LogP contribution in [0.15, 0.2) is 11.6 Å². The van der Waals surface area contributed by atoms with Crippen LogP contribution in [0.4, 0.5) is 0 Å². The fourth-order valence-electron chi connectivity index (χ4n) is 2.69. The fraction of sp³-hybridized carbons (Fsp3) is 0.733. The Balaban J connectivity index is 2.74. The Morgan fingerprint density at radius 1 is 1.39 bits per heavy atom. The van der Waals surface area contributed by atoms with Gasteiger partial charge < -0.3 is 4.74 Å². The van der Waals surface area contributed by atoms with Gasteiger partial charge in [0.1, 0.15) is 0 Å². The van der Waals surface area contributed by atoms with E-state index in [9.17, 15) is 9.59 Å². The summed E-state index contributed by atoms with van der Waals surface area (Å²) < 4.78 is 5.13. The van der Waals surface area contributed by atoms with Crippen molar-refractivity contribution in [1.82, 2.24) is 0 Å². The van der Waals surface area contributed by atoms with E-state index in [2.05, 4.69) is 6.92 Å². The standard InChI is InChI=1S/C15H24O3/c1-4-6-7-8-12-10-13(16)9-11(3)14(12)15(17)18-5-2/h9,12,14H,4-8,10H2,1-3H3/t12-,14+/m0/s1. The molecule has 1 aliphatic carbocycles. The zero-order valence-electron chi connectivity index (χ0n) is 11.7. The minimum absolute atomic E-state index is 0.132. The smallest absolute Gasteiger partial charge is 0.313 e. The highest BCUT2D eigenvalue weighted by molar-refractivity contribution is 5.94. The molecule has 0 amide bonds. The van der Waals surface area contributed by atoms with Gasteiger partial charge in [-0.15, -0.1) is 0 Å². The molecule has 3 nitrogen and oxygen atoms in total. The van der Waals surface area contributed by atoms with E-state index in [1.807, 2.05) is 13.8 Å². The number of hydrogen-bond acceptors (Lipinski definition) is 3. The second kappa shape index (κ2) is 7.34. The predicted octanol–water partition coefficient (Wildman–Crippen LogP) is 3.28. The Kier molecular flexibility index (Phi) is 6.10. The van der Waals surface area contributed by atoms with Crippen molar-refractivity contribution in [3.8, 4) is 0 Å².